The Balaban J connectivity index is 2.44. The molecule has 0 aromatic heterocycles. The summed E-state index contributed by atoms with van der Waals surface area (Å²) in [7, 11) is -4.19. The molecule has 0 N–H and O–H groups in total. The fraction of sp³-hybridized carbons (Fsp3) is 0.533. The van der Waals surface area contributed by atoms with Crippen molar-refractivity contribution in [1.29, 1.82) is 0 Å². The number of nitrogens with zero attached hydrogens (tertiary/aromatic N) is 1. The van der Waals surface area contributed by atoms with E-state index in [4.69, 9.17) is 2.74 Å². The second kappa shape index (κ2) is 5.56. The summed E-state index contributed by atoms with van der Waals surface area (Å²) in [4.78, 5) is 13.3. The fourth-order valence-electron chi connectivity index (χ4n) is 2.43. The van der Waals surface area contributed by atoms with E-state index < -0.39 is 21.6 Å². The van der Waals surface area contributed by atoms with E-state index >= 15 is 0 Å². The minimum atomic E-state index is -4.19. The van der Waals surface area contributed by atoms with Crippen LogP contribution in [0.4, 0.5) is 0 Å². The van der Waals surface area contributed by atoms with Gasteiger partial charge in [-0.05, 0) is 39.3 Å². The van der Waals surface area contributed by atoms with Crippen LogP contribution in [-0.4, -0.2) is 37.0 Å². The smallest absolute Gasteiger partial charge is 0.223 e. The van der Waals surface area contributed by atoms with E-state index in [1.54, 1.807) is 26.0 Å². The minimum absolute atomic E-state index is 0.0499. The molecule has 0 radical (unpaired) electrons. The maximum atomic E-state index is 12.7. The molecule has 0 bridgehead atoms. The quantitative estimate of drug-likeness (QED) is 0.856. The van der Waals surface area contributed by atoms with Crippen LogP contribution >= 0.6 is 0 Å². The first-order valence-corrected chi connectivity index (χ1v) is 8.20. The molecule has 1 fully saturated rings. The summed E-state index contributed by atoms with van der Waals surface area (Å²) in [5.41, 5.74) is -1.61. The number of hydrogen-bond acceptors (Lipinski definition) is 3. The zero-order chi connectivity index (χ0) is 16.7. The Bertz CT molecular complexity index is 669. The van der Waals surface area contributed by atoms with Gasteiger partial charge in [0.05, 0.1) is 10.6 Å². The highest BCUT2D eigenvalue weighted by atomic mass is 32.2. The molecule has 1 atom stereocenters. The fourth-order valence-corrected chi connectivity index (χ4v) is 3.65. The normalized spacial score (nSPS) is 22.1. The van der Waals surface area contributed by atoms with Crippen molar-refractivity contribution in [3.8, 4) is 0 Å². The van der Waals surface area contributed by atoms with Gasteiger partial charge in [0.25, 0.3) is 0 Å². The van der Waals surface area contributed by atoms with Crippen LogP contribution in [0.1, 0.15) is 35.0 Å². The number of likely N-dealkylation sites (tertiary alicyclic amines) is 1. The van der Waals surface area contributed by atoms with E-state index in [-0.39, 0.29) is 29.7 Å². The zero-order valence-corrected chi connectivity index (χ0v) is 12.8. The summed E-state index contributed by atoms with van der Waals surface area (Å²) in [6.45, 7) is 5.37. The molecule has 1 aliphatic heterocycles. The van der Waals surface area contributed by atoms with Crippen molar-refractivity contribution in [2.24, 2.45) is 0 Å². The van der Waals surface area contributed by atoms with Crippen molar-refractivity contribution < 1.29 is 16.0 Å². The van der Waals surface area contributed by atoms with Crippen LogP contribution in [0.2, 0.25) is 0 Å². The first-order valence-electron chi connectivity index (χ1n) is 7.71. The van der Waals surface area contributed by atoms with Crippen LogP contribution in [-0.2, 0) is 14.6 Å². The zero-order valence-electron chi connectivity index (χ0n) is 14.0. The lowest BCUT2D eigenvalue weighted by Gasteiger charge is -2.28. The minimum Gasteiger partial charge on any atom is -0.336 e. The topological polar surface area (TPSA) is 54.5 Å². The first-order chi connectivity index (χ1) is 10.1. The molecule has 1 aromatic carbocycles. The Kier molecular flexibility index (Phi) is 3.44. The molecule has 1 amide bonds. The summed E-state index contributed by atoms with van der Waals surface area (Å²) in [6, 6.07) is 4.93. The number of carbonyl (C=O) groups excluding carboxylic acids is 1. The predicted octanol–water partition coefficient (Wildman–Crippen LogP) is 2.17. The standard InChI is InChI=1S/C15H21NO3S/c1-11(2)16-13(6-9-15(16)17)10-20(18,19)14-7-4-12(3)5-8-14/h4-5,7-8,11,13H,6,9-10H2,1-3H3/i10D2. The Morgan fingerprint density at radius 3 is 2.50 bits per heavy atom. The van der Waals surface area contributed by atoms with Crippen molar-refractivity contribution in [1.82, 2.24) is 4.90 Å². The lowest BCUT2D eigenvalue weighted by molar-refractivity contribution is -0.130. The van der Waals surface area contributed by atoms with Crippen LogP contribution < -0.4 is 0 Å². The Morgan fingerprint density at radius 1 is 1.35 bits per heavy atom. The van der Waals surface area contributed by atoms with Crippen molar-refractivity contribution >= 4 is 15.7 Å². The number of benzene rings is 1. The molecule has 4 nitrogen and oxygen atoms in total. The average Bonchev–Trinajstić information content (AvgIpc) is 2.81. The highest BCUT2D eigenvalue weighted by molar-refractivity contribution is 7.91. The van der Waals surface area contributed by atoms with E-state index in [1.165, 1.54) is 17.0 Å². The summed E-state index contributed by atoms with van der Waals surface area (Å²) < 4.78 is 41.9. The van der Waals surface area contributed by atoms with Gasteiger partial charge in [0.1, 0.15) is 0 Å². The maximum absolute atomic E-state index is 12.7. The largest absolute Gasteiger partial charge is 0.336 e. The molecule has 2 rings (SSSR count). The molecular weight excluding hydrogens is 274 g/mol. The molecule has 1 unspecified atom stereocenters. The number of aryl methyl sites for hydroxylation is 1. The number of hydrogen-bond donors (Lipinski definition) is 0. The van der Waals surface area contributed by atoms with E-state index in [2.05, 4.69) is 0 Å². The Hall–Kier alpha value is -1.36. The number of sulfone groups is 1. The summed E-state index contributed by atoms with van der Waals surface area (Å²) in [6.07, 6.45) is 0.404. The second-order valence-electron chi connectivity index (χ2n) is 5.38. The van der Waals surface area contributed by atoms with Crippen molar-refractivity contribution in [2.45, 2.75) is 50.6 Å². The summed E-state index contributed by atoms with van der Waals surface area (Å²) in [5, 5.41) is 0. The number of rotatable bonds is 4. The average molecular weight is 297 g/mol. The predicted molar refractivity (Wildman–Crippen MR) is 78.2 cm³/mol. The molecule has 1 aliphatic rings. The van der Waals surface area contributed by atoms with Crippen LogP contribution in [0.5, 0.6) is 0 Å². The van der Waals surface area contributed by atoms with Gasteiger partial charge in [-0.15, -0.1) is 0 Å². The van der Waals surface area contributed by atoms with Crippen molar-refractivity contribution in [2.75, 3.05) is 5.70 Å². The maximum Gasteiger partial charge on any atom is 0.223 e. The van der Waals surface area contributed by atoms with E-state index in [9.17, 15) is 13.2 Å². The highest BCUT2D eigenvalue weighted by Crippen LogP contribution is 2.25. The van der Waals surface area contributed by atoms with Gasteiger partial charge in [0.15, 0.2) is 9.84 Å². The van der Waals surface area contributed by atoms with Gasteiger partial charge in [-0.25, -0.2) is 8.42 Å². The third-order valence-electron chi connectivity index (χ3n) is 3.43. The van der Waals surface area contributed by atoms with Crippen LogP contribution in [0, 0.1) is 6.92 Å². The molecule has 0 spiro atoms. The van der Waals surface area contributed by atoms with E-state index in [0.717, 1.165) is 5.56 Å². The Labute approximate surface area is 123 Å². The van der Waals surface area contributed by atoms with Gasteiger partial charge in [-0.3, -0.25) is 4.79 Å². The summed E-state index contributed by atoms with van der Waals surface area (Å²) in [5.74, 6) is -0.192. The molecule has 0 aliphatic carbocycles. The SMILES string of the molecule is [2H]C([2H])(C1CCC(=O)N1C(C)C)S(=O)(=O)c1ccc(C)cc1. The lowest BCUT2D eigenvalue weighted by Crippen LogP contribution is -2.42. The molecule has 5 heteroatoms. The van der Waals surface area contributed by atoms with Gasteiger partial charge < -0.3 is 4.90 Å². The second-order valence-corrected chi connectivity index (χ2v) is 7.10. The molecule has 0 saturated carbocycles. The number of amides is 1. The van der Waals surface area contributed by atoms with Gasteiger partial charge in [-0.1, -0.05) is 17.7 Å². The number of carbonyl (C=O) groups is 1. The molecule has 1 aromatic rings. The van der Waals surface area contributed by atoms with Gasteiger partial charge in [-0.2, -0.15) is 0 Å². The van der Waals surface area contributed by atoms with Crippen LogP contribution in [0.15, 0.2) is 29.2 Å². The van der Waals surface area contributed by atoms with Gasteiger partial charge in [0, 0.05) is 21.2 Å². The van der Waals surface area contributed by atoms with Crippen LogP contribution in [0.25, 0.3) is 0 Å². The molecular formula is C15H21NO3S. The van der Waals surface area contributed by atoms with Crippen molar-refractivity contribution in [3.05, 3.63) is 29.8 Å². The van der Waals surface area contributed by atoms with E-state index in [1.807, 2.05) is 6.92 Å². The molecule has 1 saturated heterocycles. The highest BCUT2D eigenvalue weighted by Gasteiger charge is 2.36. The monoisotopic (exact) mass is 297 g/mol. The molecule has 1 heterocycles. The van der Waals surface area contributed by atoms with Crippen molar-refractivity contribution in [3.63, 3.8) is 0 Å². The third kappa shape index (κ3) is 3.03. The van der Waals surface area contributed by atoms with Crippen LogP contribution in [0.3, 0.4) is 0 Å². The van der Waals surface area contributed by atoms with Gasteiger partial charge >= 0.3 is 0 Å². The molecule has 20 heavy (non-hydrogen) atoms. The van der Waals surface area contributed by atoms with Gasteiger partial charge in [0.2, 0.25) is 5.91 Å². The third-order valence-corrected chi connectivity index (χ3v) is 4.91. The van der Waals surface area contributed by atoms with E-state index in [0.29, 0.717) is 0 Å². The Morgan fingerprint density at radius 2 is 1.95 bits per heavy atom. The first kappa shape index (κ1) is 12.4. The molecule has 110 valence electrons. The lowest BCUT2D eigenvalue weighted by atomic mass is 10.2. The summed E-state index contributed by atoms with van der Waals surface area (Å²) >= 11 is 0.